The molecule has 0 bridgehead atoms. The van der Waals surface area contributed by atoms with Gasteiger partial charge in [0.25, 0.3) is 5.91 Å². The third-order valence-electron chi connectivity index (χ3n) is 4.73. The van der Waals surface area contributed by atoms with Gasteiger partial charge in [0.15, 0.2) is 5.76 Å². The molecule has 5 nitrogen and oxygen atoms in total. The highest BCUT2D eigenvalue weighted by Crippen LogP contribution is 2.29. The van der Waals surface area contributed by atoms with Gasteiger partial charge < -0.3 is 14.5 Å². The second kappa shape index (κ2) is 7.19. The van der Waals surface area contributed by atoms with Gasteiger partial charge in [-0.15, -0.1) is 0 Å². The first-order valence-electron chi connectivity index (χ1n) is 9.08. The minimum atomic E-state index is -0.411. The summed E-state index contributed by atoms with van der Waals surface area (Å²) >= 11 is 0. The third-order valence-corrected chi connectivity index (χ3v) is 4.73. The average Bonchev–Trinajstić information content (AvgIpc) is 3.15. The van der Waals surface area contributed by atoms with E-state index in [9.17, 15) is 9.59 Å². The number of amides is 1. The van der Waals surface area contributed by atoms with Crippen molar-refractivity contribution >= 4 is 39.3 Å². The van der Waals surface area contributed by atoms with Crippen LogP contribution < -0.4 is 5.32 Å². The van der Waals surface area contributed by atoms with Gasteiger partial charge in [-0.2, -0.15) is 0 Å². The smallest absolute Gasteiger partial charge is 0.338 e. The number of hydrogen-bond donors (Lipinski definition) is 1. The Morgan fingerprint density at radius 2 is 1.82 bits per heavy atom. The topological polar surface area (TPSA) is 68.5 Å². The number of anilines is 1. The number of nitrogens with one attached hydrogen (secondary N) is 1. The van der Waals surface area contributed by atoms with E-state index in [1.54, 1.807) is 38.1 Å². The molecule has 140 valence electrons. The molecular formula is C23H19NO4. The first kappa shape index (κ1) is 17.8. The Balaban J connectivity index is 1.67. The molecule has 0 fully saturated rings. The average molecular weight is 373 g/mol. The molecule has 0 radical (unpaired) electrons. The molecule has 0 spiro atoms. The van der Waals surface area contributed by atoms with E-state index in [2.05, 4.69) is 5.32 Å². The van der Waals surface area contributed by atoms with Crippen molar-refractivity contribution in [2.45, 2.75) is 13.8 Å². The van der Waals surface area contributed by atoms with Crippen molar-refractivity contribution in [1.29, 1.82) is 0 Å². The van der Waals surface area contributed by atoms with Gasteiger partial charge in [-0.05, 0) is 54.4 Å². The highest BCUT2D eigenvalue weighted by molar-refractivity contribution is 6.11. The second-order valence-electron chi connectivity index (χ2n) is 6.46. The van der Waals surface area contributed by atoms with E-state index in [1.165, 1.54) is 0 Å². The molecule has 1 heterocycles. The van der Waals surface area contributed by atoms with Gasteiger partial charge in [0.05, 0.1) is 12.2 Å². The maximum absolute atomic E-state index is 12.8. The summed E-state index contributed by atoms with van der Waals surface area (Å²) < 4.78 is 10.8. The van der Waals surface area contributed by atoms with Crippen LogP contribution in [0.4, 0.5) is 5.69 Å². The zero-order chi connectivity index (χ0) is 19.7. The van der Waals surface area contributed by atoms with Crippen molar-refractivity contribution < 1.29 is 18.7 Å². The van der Waals surface area contributed by atoms with Crippen LogP contribution in [0.1, 0.15) is 33.4 Å². The van der Waals surface area contributed by atoms with Gasteiger partial charge in [0.1, 0.15) is 5.58 Å². The van der Waals surface area contributed by atoms with Crippen molar-refractivity contribution in [3.05, 3.63) is 77.6 Å². The lowest BCUT2D eigenvalue weighted by Gasteiger charge is -2.11. The van der Waals surface area contributed by atoms with E-state index in [1.807, 2.05) is 36.4 Å². The molecule has 0 aliphatic rings. The molecule has 1 N–H and O–H groups in total. The van der Waals surface area contributed by atoms with Crippen LogP contribution in [-0.2, 0) is 4.74 Å². The second-order valence-corrected chi connectivity index (χ2v) is 6.46. The van der Waals surface area contributed by atoms with Crippen LogP contribution in [0.5, 0.6) is 0 Å². The summed E-state index contributed by atoms with van der Waals surface area (Å²) in [5, 5.41) is 5.84. The lowest BCUT2D eigenvalue weighted by Crippen LogP contribution is -2.14. The standard InChI is InChI=1S/C23H19NO4/c1-3-27-23(26)16-9-6-10-19(14(16)2)24-22(25)21-13-18-17-8-5-4-7-15(17)11-12-20(18)28-21/h4-13H,3H2,1-2H3,(H,24,25). The van der Waals surface area contributed by atoms with E-state index in [0.717, 1.165) is 16.2 Å². The number of rotatable bonds is 4. The third kappa shape index (κ3) is 3.11. The van der Waals surface area contributed by atoms with E-state index >= 15 is 0 Å². The summed E-state index contributed by atoms with van der Waals surface area (Å²) in [5.41, 5.74) is 2.27. The van der Waals surface area contributed by atoms with Gasteiger partial charge in [0, 0.05) is 11.1 Å². The number of fused-ring (bicyclic) bond motifs is 3. The maximum Gasteiger partial charge on any atom is 0.338 e. The summed E-state index contributed by atoms with van der Waals surface area (Å²) in [6, 6.07) is 18.7. The van der Waals surface area contributed by atoms with Crippen LogP contribution in [0.15, 0.2) is 65.1 Å². The molecule has 0 saturated carbocycles. The van der Waals surface area contributed by atoms with Crippen LogP contribution >= 0.6 is 0 Å². The number of esters is 1. The first-order valence-corrected chi connectivity index (χ1v) is 9.08. The Kier molecular flexibility index (Phi) is 4.57. The number of hydrogen-bond acceptors (Lipinski definition) is 4. The van der Waals surface area contributed by atoms with Gasteiger partial charge in [-0.3, -0.25) is 4.79 Å². The summed E-state index contributed by atoms with van der Waals surface area (Å²) in [5.74, 6) is -0.567. The van der Waals surface area contributed by atoms with Gasteiger partial charge in [-0.25, -0.2) is 4.79 Å². The lowest BCUT2D eigenvalue weighted by molar-refractivity contribution is 0.0525. The molecule has 0 aliphatic carbocycles. The quantitative estimate of drug-likeness (QED) is 0.491. The molecule has 1 aromatic heterocycles. The first-order chi connectivity index (χ1) is 13.6. The van der Waals surface area contributed by atoms with Crippen LogP contribution in [0.3, 0.4) is 0 Å². The monoisotopic (exact) mass is 373 g/mol. The number of carbonyl (C=O) groups is 2. The fourth-order valence-electron chi connectivity index (χ4n) is 3.29. The molecule has 0 aliphatic heterocycles. The number of carbonyl (C=O) groups excluding carboxylic acids is 2. The largest absolute Gasteiger partial charge is 0.462 e. The van der Waals surface area contributed by atoms with Crippen LogP contribution in [0.2, 0.25) is 0 Å². The zero-order valence-electron chi connectivity index (χ0n) is 15.6. The molecule has 28 heavy (non-hydrogen) atoms. The predicted octanol–water partition coefficient (Wildman–Crippen LogP) is 5.32. The van der Waals surface area contributed by atoms with Gasteiger partial charge in [-0.1, -0.05) is 36.4 Å². The Hall–Kier alpha value is -3.60. The Labute approximate surface area is 161 Å². The Bertz CT molecular complexity index is 1210. The van der Waals surface area contributed by atoms with E-state index < -0.39 is 5.97 Å². The van der Waals surface area contributed by atoms with E-state index in [-0.39, 0.29) is 11.7 Å². The van der Waals surface area contributed by atoms with E-state index in [0.29, 0.717) is 29.0 Å². The Morgan fingerprint density at radius 3 is 2.64 bits per heavy atom. The lowest BCUT2D eigenvalue weighted by atomic mass is 10.1. The fraction of sp³-hybridized carbons (Fsp3) is 0.130. The fourth-order valence-corrected chi connectivity index (χ4v) is 3.29. The SMILES string of the molecule is CCOC(=O)c1cccc(NC(=O)c2cc3c(ccc4ccccc43)o2)c1C. The molecular weight excluding hydrogens is 354 g/mol. The highest BCUT2D eigenvalue weighted by Gasteiger charge is 2.17. The normalized spacial score (nSPS) is 10.9. The zero-order valence-corrected chi connectivity index (χ0v) is 15.6. The highest BCUT2D eigenvalue weighted by atomic mass is 16.5. The molecule has 4 rings (SSSR count). The summed E-state index contributed by atoms with van der Waals surface area (Å²) in [4.78, 5) is 24.8. The van der Waals surface area contributed by atoms with E-state index in [4.69, 9.17) is 9.15 Å². The summed E-state index contributed by atoms with van der Waals surface area (Å²) in [6.45, 7) is 3.82. The minimum Gasteiger partial charge on any atom is -0.462 e. The molecule has 5 heteroatoms. The number of benzene rings is 3. The molecule has 4 aromatic rings. The van der Waals surface area contributed by atoms with Crippen molar-refractivity contribution in [2.24, 2.45) is 0 Å². The summed E-state index contributed by atoms with van der Waals surface area (Å²) in [6.07, 6.45) is 0. The van der Waals surface area contributed by atoms with Crippen molar-refractivity contribution in [1.82, 2.24) is 0 Å². The van der Waals surface area contributed by atoms with Crippen molar-refractivity contribution in [2.75, 3.05) is 11.9 Å². The molecule has 0 unspecified atom stereocenters. The van der Waals surface area contributed by atoms with Crippen molar-refractivity contribution in [3.63, 3.8) is 0 Å². The molecule has 0 atom stereocenters. The van der Waals surface area contributed by atoms with Gasteiger partial charge >= 0.3 is 5.97 Å². The predicted molar refractivity (Wildman–Crippen MR) is 109 cm³/mol. The summed E-state index contributed by atoms with van der Waals surface area (Å²) in [7, 11) is 0. The van der Waals surface area contributed by atoms with Crippen LogP contribution in [0, 0.1) is 6.92 Å². The van der Waals surface area contributed by atoms with Gasteiger partial charge in [0.2, 0.25) is 0 Å². The van der Waals surface area contributed by atoms with Crippen molar-refractivity contribution in [3.8, 4) is 0 Å². The molecule has 1 amide bonds. The number of ether oxygens (including phenoxy) is 1. The van der Waals surface area contributed by atoms with Crippen LogP contribution in [0.25, 0.3) is 21.7 Å². The number of furan rings is 1. The molecule has 3 aromatic carbocycles. The Morgan fingerprint density at radius 1 is 1.00 bits per heavy atom. The molecule has 0 saturated heterocycles. The van der Waals surface area contributed by atoms with Crippen LogP contribution in [-0.4, -0.2) is 18.5 Å². The minimum absolute atomic E-state index is 0.215. The maximum atomic E-state index is 12.8.